The van der Waals surface area contributed by atoms with Crippen LogP contribution in [0.2, 0.25) is 5.02 Å². The molecule has 0 bridgehead atoms. The second kappa shape index (κ2) is 6.41. The maximum Gasteiger partial charge on any atom is 0.137 e. The molecule has 2 rings (SSSR count). The molecule has 1 unspecified atom stereocenters. The van der Waals surface area contributed by atoms with Crippen LogP contribution in [0.5, 0.6) is 5.75 Å². The number of benzene rings is 2. The van der Waals surface area contributed by atoms with Gasteiger partial charge in [-0.3, -0.25) is 0 Å². The largest absolute Gasteiger partial charge is 0.497 e. The zero-order valence-electron chi connectivity index (χ0n) is 12.0. The molecule has 5 heteroatoms. The fraction of sp³-hybridized carbons (Fsp3) is 0.250. The third-order valence-electron chi connectivity index (χ3n) is 3.44. The predicted octanol–water partition coefficient (Wildman–Crippen LogP) is 4.57. The van der Waals surface area contributed by atoms with E-state index in [2.05, 4.69) is 5.32 Å². The zero-order chi connectivity index (χ0) is 15.6. The highest BCUT2D eigenvalue weighted by atomic mass is 35.5. The molecule has 1 N–H and O–H groups in total. The lowest BCUT2D eigenvalue weighted by molar-refractivity contribution is 0.407. The van der Waals surface area contributed by atoms with E-state index in [1.54, 1.807) is 18.2 Å². The molecule has 112 valence electrons. The average molecular weight is 312 g/mol. The van der Waals surface area contributed by atoms with Crippen molar-refractivity contribution in [3.63, 3.8) is 0 Å². The Bertz CT molecular complexity index is 638. The minimum absolute atomic E-state index is 0.0529. The molecule has 0 aliphatic carbocycles. The number of rotatable bonds is 4. The number of nitrogens with one attached hydrogen (secondary N) is 1. The van der Waals surface area contributed by atoms with Crippen LogP contribution in [0.1, 0.15) is 18.5 Å². The molecule has 0 spiro atoms. The van der Waals surface area contributed by atoms with E-state index in [0.717, 1.165) is 17.7 Å². The summed E-state index contributed by atoms with van der Waals surface area (Å²) in [5, 5.41) is 3.53. The van der Waals surface area contributed by atoms with E-state index >= 15 is 0 Å². The molecule has 0 heterocycles. The Hall–Kier alpha value is -1.65. The van der Waals surface area contributed by atoms with Crippen LogP contribution in [0.15, 0.2) is 30.3 Å². The van der Waals surface area contributed by atoms with E-state index in [9.17, 15) is 8.78 Å². The molecule has 0 amide bonds. The van der Waals surface area contributed by atoms with Crippen molar-refractivity contribution < 1.29 is 13.5 Å². The van der Waals surface area contributed by atoms with Crippen LogP contribution < -0.4 is 10.1 Å². The van der Waals surface area contributed by atoms with Crippen LogP contribution in [-0.2, 0) is 0 Å². The molecule has 0 fully saturated rings. The van der Waals surface area contributed by atoms with E-state index in [1.165, 1.54) is 7.11 Å². The molecule has 0 aromatic heterocycles. The first-order chi connectivity index (χ1) is 9.97. The highest BCUT2D eigenvalue weighted by Gasteiger charge is 2.16. The first kappa shape index (κ1) is 15.7. The molecule has 2 nitrogen and oxygen atoms in total. The van der Waals surface area contributed by atoms with Crippen molar-refractivity contribution in [3.05, 3.63) is 52.6 Å². The molecule has 0 aliphatic heterocycles. The van der Waals surface area contributed by atoms with Gasteiger partial charge in [0.05, 0.1) is 12.7 Å². The number of halogens is 3. The van der Waals surface area contributed by atoms with Gasteiger partial charge in [0.2, 0.25) is 0 Å². The normalized spacial score (nSPS) is 12.3. The van der Waals surface area contributed by atoms with E-state index in [-0.39, 0.29) is 17.4 Å². The van der Waals surface area contributed by atoms with Crippen molar-refractivity contribution in [1.82, 2.24) is 5.32 Å². The molecule has 0 radical (unpaired) electrons. The number of ether oxygens (including phenoxy) is 1. The second-order valence-electron chi connectivity index (χ2n) is 4.71. The Labute approximate surface area is 127 Å². The summed E-state index contributed by atoms with van der Waals surface area (Å²) < 4.78 is 33.0. The Morgan fingerprint density at radius 1 is 1.14 bits per heavy atom. The summed E-state index contributed by atoms with van der Waals surface area (Å²) in [6, 6.07) is 7.34. The molecule has 1 atom stereocenters. The lowest BCUT2D eigenvalue weighted by Crippen LogP contribution is -2.12. The lowest BCUT2D eigenvalue weighted by Gasteiger charge is -2.14. The Kier molecular flexibility index (Phi) is 4.80. The molecular weight excluding hydrogens is 296 g/mol. The Morgan fingerprint density at radius 3 is 2.24 bits per heavy atom. The summed E-state index contributed by atoms with van der Waals surface area (Å²) in [6.45, 7) is 1.95. The van der Waals surface area contributed by atoms with Gasteiger partial charge in [-0.1, -0.05) is 23.7 Å². The predicted molar refractivity (Wildman–Crippen MR) is 80.8 cm³/mol. The molecule has 2 aromatic carbocycles. The molecule has 0 saturated heterocycles. The van der Waals surface area contributed by atoms with Crippen LogP contribution in [-0.4, -0.2) is 14.2 Å². The highest BCUT2D eigenvalue weighted by Crippen LogP contribution is 2.33. The second-order valence-corrected chi connectivity index (χ2v) is 5.12. The first-order valence-corrected chi connectivity index (χ1v) is 6.85. The summed E-state index contributed by atoms with van der Waals surface area (Å²) in [5.74, 6) is -1.23. The van der Waals surface area contributed by atoms with Gasteiger partial charge in [0.25, 0.3) is 0 Å². The van der Waals surface area contributed by atoms with Gasteiger partial charge in [0.1, 0.15) is 17.4 Å². The van der Waals surface area contributed by atoms with Crippen molar-refractivity contribution in [2.45, 2.75) is 13.0 Å². The SMILES string of the molecule is CNC(C)c1ccc(-c2c(F)cc(OC)cc2F)cc1Cl. The van der Waals surface area contributed by atoms with Crippen LogP contribution in [0.3, 0.4) is 0 Å². The smallest absolute Gasteiger partial charge is 0.137 e. The summed E-state index contributed by atoms with van der Waals surface area (Å²) in [4.78, 5) is 0. The maximum atomic E-state index is 14.1. The van der Waals surface area contributed by atoms with Crippen molar-refractivity contribution in [1.29, 1.82) is 0 Å². The van der Waals surface area contributed by atoms with Gasteiger partial charge < -0.3 is 10.1 Å². The van der Waals surface area contributed by atoms with Gasteiger partial charge in [-0.2, -0.15) is 0 Å². The van der Waals surface area contributed by atoms with Gasteiger partial charge in [-0.05, 0) is 31.2 Å². The maximum absolute atomic E-state index is 14.1. The van der Waals surface area contributed by atoms with Crippen LogP contribution in [0.4, 0.5) is 8.78 Å². The van der Waals surface area contributed by atoms with Crippen LogP contribution in [0.25, 0.3) is 11.1 Å². The molecule has 0 aliphatic rings. The standard InChI is InChI=1S/C16H16ClF2NO/c1-9(20-2)12-5-4-10(6-13(12)17)16-14(18)7-11(21-3)8-15(16)19/h4-9,20H,1-3H3. The highest BCUT2D eigenvalue weighted by molar-refractivity contribution is 6.31. The minimum Gasteiger partial charge on any atom is -0.497 e. The van der Waals surface area contributed by atoms with E-state index in [1.807, 2.05) is 14.0 Å². The fourth-order valence-electron chi connectivity index (χ4n) is 2.13. The fourth-order valence-corrected chi connectivity index (χ4v) is 2.48. The third kappa shape index (κ3) is 3.17. The summed E-state index contributed by atoms with van der Waals surface area (Å²) >= 11 is 6.21. The number of hydrogen-bond donors (Lipinski definition) is 1. The van der Waals surface area contributed by atoms with E-state index in [0.29, 0.717) is 10.6 Å². The van der Waals surface area contributed by atoms with Gasteiger partial charge in [-0.25, -0.2) is 8.78 Å². The van der Waals surface area contributed by atoms with Crippen molar-refractivity contribution in [2.75, 3.05) is 14.2 Å². The van der Waals surface area contributed by atoms with Crippen LogP contribution >= 0.6 is 11.6 Å². The molecule has 21 heavy (non-hydrogen) atoms. The van der Waals surface area contributed by atoms with Gasteiger partial charge >= 0.3 is 0 Å². The summed E-state index contributed by atoms with van der Waals surface area (Å²) in [7, 11) is 3.18. The van der Waals surface area contributed by atoms with E-state index in [4.69, 9.17) is 16.3 Å². The van der Waals surface area contributed by atoms with Gasteiger partial charge in [0.15, 0.2) is 0 Å². The monoisotopic (exact) mass is 311 g/mol. The first-order valence-electron chi connectivity index (χ1n) is 6.48. The summed E-state index contributed by atoms with van der Waals surface area (Å²) in [6.07, 6.45) is 0. The van der Waals surface area contributed by atoms with E-state index < -0.39 is 11.6 Å². The van der Waals surface area contributed by atoms with Crippen molar-refractivity contribution in [3.8, 4) is 16.9 Å². The van der Waals surface area contributed by atoms with Gasteiger partial charge in [-0.15, -0.1) is 0 Å². The average Bonchev–Trinajstić information content (AvgIpc) is 2.45. The summed E-state index contributed by atoms with van der Waals surface area (Å²) in [5.41, 5.74) is 1.16. The molecular formula is C16H16ClF2NO. The quantitative estimate of drug-likeness (QED) is 0.892. The van der Waals surface area contributed by atoms with Crippen LogP contribution in [0, 0.1) is 11.6 Å². The molecule has 2 aromatic rings. The van der Waals surface area contributed by atoms with Crippen molar-refractivity contribution in [2.24, 2.45) is 0 Å². The third-order valence-corrected chi connectivity index (χ3v) is 3.77. The lowest BCUT2D eigenvalue weighted by atomic mass is 10.00. The Morgan fingerprint density at radius 2 is 1.76 bits per heavy atom. The topological polar surface area (TPSA) is 21.3 Å². The van der Waals surface area contributed by atoms with Crippen molar-refractivity contribution >= 4 is 11.6 Å². The molecule has 0 saturated carbocycles. The van der Waals surface area contributed by atoms with Gasteiger partial charge in [0, 0.05) is 23.2 Å². The Balaban J connectivity index is 2.51. The zero-order valence-corrected chi connectivity index (χ0v) is 12.8. The number of methoxy groups -OCH3 is 1. The number of hydrogen-bond acceptors (Lipinski definition) is 2. The minimum atomic E-state index is -0.683.